The van der Waals surface area contributed by atoms with Gasteiger partial charge in [-0.25, -0.2) is 4.39 Å². The summed E-state index contributed by atoms with van der Waals surface area (Å²) in [6.45, 7) is -0.784. The molecule has 0 atom stereocenters. The summed E-state index contributed by atoms with van der Waals surface area (Å²) >= 11 is 0. The number of methoxy groups -OCH3 is 1. The SMILES string of the molecule is COCc1ccc(CCc2ccc3c(F)c(CCc4ccc(OCC(F)(F)F)cc4)ccc3c2)nc1. The minimum Gasteiger partial charge on any atom is -0.484 e. The molecule has 0 fully saturated rings. The van der Waals surface area contributed by atoms with Crippen molar-refractivity contribution < 1.29 is 27.0 Å². The predicted molar refractivity (Wildman–Crippen MR) is 132 cm³/mol. The van der Waals surface area contributed by atoms with Gasteiger partial charge in [-0.15, -0.1) is 0 Å². The van der Waals surface area contributed by atoms with E-state index in [0.717, 1.165) is 40.6 Å². The van der Waals surface area contributed by atoms with Gasteiger partial charge in [-0.1, -0.05) is 48.5 Å². The molecular formula is C29H27F4NO2. The van der Waals surface area contributed by atoms with E-state index >= 15 is 4.39 Å². The molecule has 1 aromatic heterocycles. The summed E-state index contributed by atoms with van der Waals surface area (Å²) in [6.07, 6.45) is 0.0955. The average molecular weight is 498 g/mol. The lowest BCUT2D eigenvalue weighted by Crippen LogP contribution is -2.19. The predicted octanol–water partition coefficient (Wildman–Crippen LogP) is 7.03. The van der Waals surface area contributed by atoms with Gasteiger partial charge in [-0.05, 0) is 71.5 Å². The molecule has 188 valence electrons. The summed E-state index contributed by atoms with van der Waals surface area (Å²) < 4.78 is 61.9. The third-order valence-electron chi connectivity index (χ3n) is 5.97. The number of rotatable bonds is 10. The van der Waals surface area contributed by atoms with Crippen molar-refractivity contribution in [3.8, 4) is 5.75 Å². The summed E-state index contributed by atoms with van der Waals surface area (Å²) in [5.74, 6) is -0.0813. The number of nitrogens with zero attached hydrogens (tertiary/aromatic N) is 1. The first-order valence-corrected chi connectivity index (χ1v) is 11.7. The van der Waals surface area contributed by atoms with Crippen LogP contribution in [0.3, 0.4) is 0 Å². The van der Waals surface area contributed by atoms with Crippen molar-refractivity contribution in [2.45, 2.75) is 38.5 Å². The Kier molecular flexibility index (Phi) is 8.21. The second kappa shape index (κ2) is 11.5. The maximum absolute atomic E-state index is 15.2. The molecule has 0 unspecified atom stereocenters. The Morgan fingerprint density at radius 1 is 0.778 bits per heavy atom. The quantitative estimate of drug-likeness (QED) is 0.220. The Morgan fingerprint density at radius 2 is 1.50 bits per heavy atom. The standard InChI is InChI=1S/C29H27F4NO2/c1-35-18-22-4-12-25(34-17-22)11-3-21-7-15-27-24(16-21)10-9-23(28(27)30)8-2-20-5-13-26(14-6-20)36-19-29(31,32)33/h4-7,9-10,12-17H,2-3,8,11,18-19H2,1H3. The van der Waals surface area contributed by atoms with Gasteiger partial charge in [0, 0.05) is 24.4 Å². The first-order valence-electron chi connectivity index (χ1n) is 11.7. The van der Waals surface area contributed by atoms with Gasteiger partial charge in [0.2, 0.25) is 0 Å². The molecule has 3 aromatic carbocycles. The Hall–Kier alpha value is -3.45. The molecule has 36 heavy (non-hydrogen) atoms. The normalized spacial score (nSPS) is 11.7. The topological polar surface area (TPSA) is 31.4 Å². The molecule has 0 saturated carbocycles. The van der Waals surface area contributed by atoms with Crippen LogP contribution in [-0.2, 0) is 37.0 Å². The van der Waals surface area contributed by atoms with Crippen molar-refractivity contribution in [3.05, 3.63) is 107 Å². The van der Waals surface area contributed by atoms with Crippen LogP contribution in [0.4, 0.5) is 17.6 Å². The smallest absolute Gasteiger partial charge is 0.422 e. The van der Waals surface area contributed by atoms with Gasteiger partial charge in [0.1, 0.15) is 11.6 Å². The number of fused-ring (bicyclic) bond motifs is 1. The van der Waals surface area contributed by atoms with Gasteiger partial charge < -0.3 is 9.47 Å². The third-order valence-corrected chi connectivity index (χ3v) is 5.97. The Bertz CT molecular complexity index is 1290. The highest BCUT2D eigenvalue weighted by Crippen LogP contribution is 2.25. The minimum absolute atomic E-state index is 0.155. The van der Waals surface area contributed by atoms with E-state index in [1.165, 1.54) is 12.1 Å². The van der Waals surface area contributed by atoms with E-state index in [4.69, 9.17) is 9.47 Å². The van der Waals surface area contributed by atoms with E-state index in [-0.39, 0.29) is 11.6 Å². The molecule has 0 N–H and O–H groups in total. The van der Waals surface area contributed by atoms with Crippen LogP contribution >= 0.6 is 0 Å². The fraction of sp³-hybridized carbons (Fsp3) is 0.276. The largest absolute Gasteiger partial charge is 0.484 e. The molecular weight excluding hydrogens is 470 g/mol. The van der Waals surface area contributed by atoms with E-state index < -0.39 is 12.8 Å². The molecule has 0 aliphatic rings. The van der Waals surface area contributed by atoms with Crippen LogP contribution in [0.5, 0.6) is 5.75 Å². The molecule has 0 bridgehead atoms. The van der Waals surface area contributed by atoms with Crippen LogP contribution in [0.1, 0.15) is 27.9 Å². The van der Waals surface area contributed by atoms with Crippen LogP contribution in [0.15, 0.2) is 72.9 Å². The lowest BCUT2D eigenvalue weighted by atomic mass is 9.98. The van der Waals surface area contributed by atoms with E-state index in [1.807, 2.05) is 42.6 Å². The second-order valence-corrected chi connectivity index (χ2v) is 8.73. The fourth-order valence-corrected chi connectivity index (χ4v) is 4.06. The van der Waals surface area contributed by atoms with Crippen LogP contribution in [0.25, 0.3) is 10.8 Å². The van der Waals surface area contributed by atoms with Crippen molar-refractivity contribution >= 4 is 10.8 Å². The van der Waals surface area contributed by atoms with Crippen molar-refractivity contribution in [3.63, 3.8) is 0 Å². The Balaban J connectivity index is 1.36. The van der Waals surface area contributed by atoms with Crippen molar-refractivity contribution in [1.82, 2.24) is 4.98 Å². The summed E-state index contributed by atoms with van der Waals surface area (Å²) in [5, 5.41) is 1.43. The van der Waals surface area contributed by atoms with Crippen LogP contribution < -0.4 is 4.74 Å². The van der Waals surface area contributed by atoms with Gasteiger partial charge in [0.25, 0.3) is 0 Å². The fourth-order valence-electron chi connectivity index (χ4n) is 4.06. The average Bonchev–Trinajstić information content (AvgIpc) is 2.87. The number of halogens is 4. The Morgan fingerprint density at radius 3 is 2.19 bits per heavy atom. The van der Waals surface area contributed by atoms with E-state index in [1.54, 1.807) is 25.3 Å². The zero-order valence-electron chi connectivity index (χ0n) is 19.9. The molecule has 4 rings (SSSR count). The zero-order chi connectivity index (χ0) is 25.5. The first-order chi connectivity index (χ1) is 17.3. The van der Waals surface area contributed by atoms with Gasteiger partial charge in [0.05, 0.1) is 6.61 Å². The minimum atomic E-state index is -4.37. The lowest BCUT2D eigenvalue weighted by Gasteiger charge is -2.11. The molecule has 0 aliphatic carbocycles. The highest BCUT2D eigenvalue weighted by Gasteiger charge is 2.28. The highest BCUT2D eigenvalue weighted by atomic mass is 19.4. The zero-order valence-corrected chi connectivity index (χ0v) is 19.9. The number of hydrogen-bond acceptors (Lipinski definition) is 3. The number of aromatic nitrogens is 1. The van der Waals surface area contributed by atoms with Crippen molar-refractivity contribution in [2.24, 2.45) is 0 Å². The molecule has 0 spiro atoms. The van der Waals surface area contributed by atoms with Crippen LogP contribution in [0.2, 0.25) is 0 Å². The highest BCUT2D eigenvalue weighted by molar-refractivity contribution is 5.84. The van der Waals surface area contributed by atoms with E-state index in [0.29, 0.717) is 30.4 Å². The van der Waals surface area contributed by atoms with Gasteiger partial charge in [0.15, 0.2) is 6.61 Å². The van der Waals surface area contributed by atoms with Crippen molar-refractivity contribution in [2.75, 3.05) is 13.7 Å². The monoisotopic (exact) mass is 497 g/mol. The summed E-state index contributed by atoms with van der Waals surface area (Å²) in [4.78, 5) is 4.48. The van der Waals surface area contributed by atoms with Crippen LogP contribution in [-0.4, -0.2) is 24.9 Å². The maximum Gasteiger partial charge on any atom is 0.422 e. The number of ether oxygens (including phenoxy) is 2. The van der Waals surface area contributed by atoms with Crippen molar-refractivity contribution in [1.29, 1.82) is 0 Å². The summed E-state index contributed by atoms with van der Waals surface area (Å²) in [5.41, 5.74) is 4.65. The third kappa shape index (κ3) is 7.04. The van der Waals surface area contributed by atoms with Crippen LogP contribution in [0, 0.1) is 5.82 Å². The number of aryl methyl sites for hydroxylation is 4. The van der Waals surface area contributed by atoms with E-state index in [2.05, 4.69) is 4.98 Å². The number of benzene rings is 3. The molecule has 0 aliphatic heterocycles. The van der Waals surface area contributed by atoms with E-state index in [9.17, 15) is 13.2 Å². The lowest BCUT2D eigenvalue weighted by molar-refractivity contribution is -0.153. The molecule has 3 nitrogen and oxygen atoms in total. The number of pyridine rings is 1. The number of hydrogen-bond donors (Lipinski definition) is 0. The van der Waals surface area contributed by atoms with Gasteiger partial charge in [-0.3, -0.25) is 4.98 Å². The molecule has 4 aromatic rings. The number of alkyl halides is 3. The molecule has 7 heteroatoms. The van der Waals surface area contributed by atoms with Gasteiger partial charge in [-0.2, -0.15) is 13.2 Å². The molecule has 0 amide bonds. The Labute approximate surface area is 207 Å². The summed E-state index contributed by atoms with van der Waals surface area (Å²) in [7, 11) is 1.65. The first kappa shape index (κ1) is 25.6. The second-order valence-electron chi connectivity index (χ2n) is 8.73. The maximum atomic E-state index is 15.2. The molecule has 0 saturated heterocycles. The summed E-state index contributed by atoms with van der Waals surface area (Å²) in [6, 6.07) is 20.0. The van der Waals surface area contributed by atoms with Gasteiger partial charge >= 0.3 is 6.18 Å². The molecule has 0 radical (unpaired) electrons. The molecule has 1 heterocycles.